The predicted octanol–water partition coefficient (Wildman–Crippen LogP) is 2.69. The smallest absolute Gasteiger partial charge is 0.244 e. The Balaban J connectivity index is 2.67. The summed E-state index contributed by atoms with van der Waals surface area (Å²) < 4.78 is 1.84. The Hall–Kier alpha value is -1.62. The molecule has 0 fully saturated rings. The van der Waals surface area contributed by atoms with Crippen molar-refractivity contribution in [3.05, 3.63) is 23.7 Å². The summed E-state index contributed by atoms with van der Waals surface area (Å²) in [6.45, 7) is 5.61. The average Bonchev–Trinajstić information content (AvgIpc) is 2.75. The van der Waals surface area contributed by atoms with E-state index in [9.17, 15) is 4.79 Å². The molecule has 2 aromatic heterocycles. The number of imidazole rings is 1. The van der Waals surface area contributed by atoms with E-state index in [1.54, 1.807) is 19.0 Å². The Bertz CT molecular complexity index is 648. The van der Waals surface area contributed by atoms with Gasteiger partial charge in [0.05, 0.1) is 5.38 Å². The van der Waals surface area contributed by atoms with E-state index in [4.69, 9.17) is 11.6 Å². The van der Waals surface area contributed by atoms with Gasteiger partial charge in [0, 0.05) is 19.8 Å². The molecule has 0 bridgehead atoms. The summed E-state index contributed by atoms with van der Waals surface area (Å²) in [6.07, 6.45) is 0. The fourth-order valence-electron chi connectivity index (χ4n) is 2.23. The molecule has 6 heteroatoms. The lowest BCUT2D eigenvalue weighted by molar-refractivity contribution is -0.131. The van der Waals surface area contributed by atoms with Crippen LogP contribution in [0.15, 0.2) is 12.1 Å². The Kier molecular flexibility index (Phi) is 3.99. The number of amides is 1. The number of rotatable bonds is 3. The zero-order chi connectivity index (χ0) is 15.0. The number of pyridine rings is 1. The molecule has 0 saturated carbocycles. The second kappa shape index (κ2) is 5.40. The molecule has 0 spiro atoms. The van der Waals surface area contributed by atoms with Gasteiger partial charge in [-0.25, -0.2) is 9.97 Å². The van der Waals surface area contributed by atoms with Gasteiger partial charge >= 0.3 is 0 Å². The Morgan fingerprint density at radius 1 is 1.30 bits per heavy atom. The van der Waals surface area contributed by atoms with E-state index < -0.39 is 0 Å². The maximum Gasteiger partial charge on any atom is 0.244 e. The van der Waals surface area contributed by atoms with Crippen LogP contribution in [0.25, 0.3) is 11.2 Å². The number of nitrogens with zero attached hydrogens (tertiary/aromatic N) is 4. The van der Waals surface area contributed by atoms with Crippen molar-refractivity contribution in [3.63, 3.8) is 0 Å². The molecule has 0 aliphatic carbocycles. The first kappa shape index (κ1) is 14.8. The normalized spacial score (nSPS) is 14.3. The van der Waals surface area contributed by atoms with Gasteiger partial charge in [-0.15, -0.1) is 11.6 Å². The van der Waals surface area contributed by atoms with Crippen molar-refractivity contribution in [3.8, 4) is 0 Å². The number of carbonyl (C=O) groups excluding carboxylic acids is 1. The molecular formula is C14H19ClN4O. The van der Waals surface area contributed by atoms with Crippen LogP contribution in [0.2, 0.25) is 0 Å². The molecule has 0 aromatic carbocycles. The number of aromatic nitrogens is 3. The second-order valence-electron chi connectivity index (χ2n) is 5.16. The molecule has 0 radical (unpaired) electrons. The maximum absolute atomic E-state index is 12.3. The summed E-state index contributed by atoms with van der Waals surface area (Å²) in [4.78, 5) is 22.8. The van der Waals surface area contributed by atoms with Gasteiger partial charge < -0.3 is 4.90 Å². The Morgan fingerprint density at radius 2 is 1.95 bits per heavy atom. The van der Waals surface area contributed by atoms with Crippen molar-refractivity contribution in [2.24, 2.45) is 0 Å². The van der Waals surface area contributed by atoms with E-state index in [0.717, 1.165) is 11.2 Å². The topological polar surface area (TPSA) is 51.0 Å². The fraction of sp³-hybridized carbons (Fsp3) is 0.500. The first-order chi connectivity index (χ1) is 9.32. The molecule has 108 valence electrons. The predicted molar refractivity (Wildman–Crippen MR) is 79.9 cm³/mol. The lowest BCUT2D eigenvalue weighted by Gasteiger charge is -2.21. The standard InChI is InChI=1S/C14H19ClN4O/c1-8-6-7-11-13(16-8)19(12(17-11)9(2)15)10(3)14(20)18(4)5/h6-7,9-10H,1-5H3. The monoisotopic (exact) mass is 294 g/mol. The first-order valence-electron chi connectivity index (χ1n) is 6.53. The Labute approximate surface area is 123 Å². The van der Waals surface area contributed by atoms with Crippen LogP contribution in [0.1, 0.15) is 36.8 Å². The number of hydrogen-bond acceptors (Lipinski definition) is 3. The summed E-state index contributed by atoms with van der Waals surface area (Å²) in [5.74, 6) is 0.661. The van der Waals surface area contributed by atoms with Gasteiger partial charge in [-0.2, -0.15) is 0 Å². The average molecular weight is 295 g/mol. The van der Waals surface area contributed by atoms with Gasteiger partial charge in [-0.3, -0.25) is 9.36 Å². The van der Waals surface area contributed by atoms with Crippen LogP contribution in [-0.4, -0.2) is 39.4 Å². The number of aryl methyl sites for hydroxylation is 1. The van der Waals surface area contributed by atoms with Crippen LogP contribution >= 0.6 is 11.6 Å². The molecular weight excluding hydrogens is 276 g/mol. The van der Waals surface area contributed by atoms with Crippen molar-refractivity contribution in [1.29, 1.82) is 0 Å². The highest BCUT2D eigenvalue weighted by Gasteiger charge is 2.25. The number of likely N-dealkylation sites (N-methyl/N-ethyl adjacent to an activating group) is 1. The molecule has 0 N–H and O–H groups in total. The van der Waals surface area contributed by atoms with E-state index in [1.165, 1.54) is 0 Å². The van der Waals surface area contributed by atoms with Gasteiger partial charge in [0.15, 0.2) is 5.65 Å². The molecule has 0 aliphatic heterocycles. The van der Waals surface area contributed by atoms with Gasteiger partial charge in [0.1, 0.15) is 17.4 Å². The summed E-state index contributed by atoms with van der Waals surface area (Å²) in [5.41, 5.74) is 2.35. The largest absolute Gasteiger partial charge is 0.347 e. The van der Waals surface area contributed by atoms with Crippen molar-refractivity contribution in [1.82, 2.24) is 19.4 Å². The van der Waals surface area contributed by atoms with Gasteiger partial charge in [0.25, 0.3) is 0 Å². The summed E-state index contributed by atoms with van der Waals surface area (Å²) in [6, 6.07) is 3.42. The third kappa shape index (κ3) is 2.50. The highest BCUT2D eigenvalue weighted by Crippen LogP contribution is 2.27. The van der Waals surface area contributed by atoms with Crippen LogP contribution < -0.4 is 0 Å². The van der Waals surface area contributed by atoms with Crippen LogP contribution in [0.5, 0.6) is 0 Å². The third-order valence-electron chi connectivity index (χ3n) is 3.25. The molecule has 2 atom stereocenters. The highest BCUT2D eigenvalue weighted by molar-refractivity contribution is 6.20. The lowest BCUT2D eigenvalue weighted by atomic mass is 10.2. The molecule has 0 aliphatic rings. The van der Waals surface area contributed by atoms with Crippen LogP contribution in [0, 0.1) is 6.92 Å². The van der Waals surface area contributed by atoms with E-state index in [1.807, 2.05) is 37.5 Å². The zero-order valence-corrected chi connectivity index (χ0v) is 13.1. The van der Waals surface area contributed by atoms with Crippen molar-refractivity contribution >= 4 is 28.7 Å². The summed E-state index contributed by atoms with van der Waals surface area (Å²) in [5, 5.41) is -0.290. The highest BCUT2D eigenvalue weighted by atomic mass is 35.5. The molecule has 1 amide bonds. The number of fused-ring (bicyclic) bond motifs is 1. The minimum absolute atomic E-state index is 0.00817. The minimum atomic E-state index is -0.388. The lowest BCUT2D eigenvalue weighted by Crippen LogP contribution is -2.31. The molecule has 0 saturated heterocycles. The number of carbonyl (C=O) groups is 1. The molecule has 2 unspecified atom stereocenters. The van der Waals surface area contributed by atoms with E-state index in [0.29, 0.717) is 11.5 Å². The van der Waals surface area contributed by atoms with Crippen molar-refractivity contribution in [2.45, 2.75) is 32.2 Å². The van der Waals surface area contributed by atoms with E-state index in [-0.39, 0.29) is 17.3 Å². The van der Waals surface area contributed by atoms with E-state index in [2.05, 4.69) is 9.97 Å². The first-order valence-corrected chi connectivity index (χ1v) is 6.97. The summed E-state index contributed by atoms with van der Waals surface area (Å²) in [7, 11) is 3.47. The minimum Gasteiger partial charge on any atom is -0.347 e. The van der Waals surface area contributed by atoms with Crippen molar-refractivity contribution < 1.29 is 4.79 Å². The van der Waals surface area contributed by atoms with Crippen LogP contribution in [0.3, 0.4) is 0 Å². The summed E-state index contributed by atoms with van der Waals surface area (Å²) >= 11 is 6.21. The molecule has 2 rings (SSSR count). The van der Waals surface area contributed by atoms with Gasteiger partial charge in [-0.1, -0.05) is 0 Å². The van der Waals surface area contributed by atoms with Crippen LogP contribution in [0.4, 0.5) is 0 Å². The maximum atomic E-state index is 12.3. The van der Waals surface area contributed by atoms with Crippen LogP contribution in [-0.2, 0) is 4.79 Å². The zero-order valence-electron chi connectivity index (χ0n) is 12.4. The molecule has 2 heterocycles. The van der Waals surface area contributed by atoms with Gasteiger partial charge in [-0.05, 0) is 32.9 Å². The number of halogens is 1. The SMILES string of the molecule is Cc1ccc2nc(C(C)Cl)n(C(C)C(=O)N(C)C)c2n1. The molecule has 2 aromatic rings. The fourth-order valence-corrected chi connectivity index (χ4v) is 2.39. The number of hydrogen-bond donors (Lipinski definition) is 0. The molecule has 5 nitrogen and oxygen atoms in total. The second-order valence-corrected chi connectivity index (χ2v) is 5.81. The molecule has 20 heavy (non-hydrogen) atoms. The quantitative estimate of drug-likeness (QED) is 0.818. The Morgan fingerprint density at radius 3 is 2.50 bits per heavy atom. The van der Waals surface area contributed by atoms with E-state index >= 15 is 0 Å². The third-order valence-corrected chi connectivity index (χ3v) is 3.44. The van der Waals surface area contributed by atoms with Gasteiger partial charge in [0.2, 0.25) is 5.91 Å². The van der Waals surface area contributed by atoms with Crippen molar-refractivity contribution in [2.75, 3.05) is 14.1 Å². The number of alkyl halides is 1.